The normalized spacial score (nSPS) is 15.1. The molecule has 1 atom stereocenters. The minimum Gasteiger partial charge on any atom is 0 e. The molecule has 0 saturated carbocycles. The van der Waals surface area contributed by atoms with Crippen LogP contribution < -0.4 is 4.40 Å². The smallest absolute Gasteiger partial charge is 0 e. The van der Waals surface area contributed by atoms with E-state index in [0.29, 0.717) is 5.92 Å². The van der Waals surface area contributed by atoms with Gasteiger partial charge in [-0.05, 0) is 29.3 Å². The topological polar surface area (TPSA) is 38.4 Å². The van der Waals surface area contributed by atoms with Crippen LogP contribution in [0, 0.1) is 18.1 Å². The quantitative estimate of drug-likeness (QED) is 0.124. The number of aromatic nitrogens is 1. The van der Waals surface area contributed by atoms with Gasteiger partial charge in [-0.25, -0.2) is 0 Å². The van der Waals surface area contributed by atoms with Gasteiger partial charge < -0.3 is 9.41 Å². The van der Waals surface area contributed by atoms with Gasteiger partial charge in [0.2, 0.25) is 0 Å². The molecular formula is C40H40GeIrN2O-2. The fourth-order valence-corrected chi connectivity index (χ4v) is 8.89. The van der Waals surface area contributed by atoms with Crippen LogP contribution in [-0.2, 0) is 26.5 Å². The van der Waals surface area contributed by atoms with Gasteiger partial charge in [-0.2, -0.15) is 0 Å². The molecule has 3 heterocycles. The van der Waals surface area contributed by atoms with Crippen molar-refractivity contribution in [3.05, 3.63) is 126 Å². The molecule has 0 fully saturated rings. The first kappa shape index (κ1) is 30.4. The Bertz CT molecular complexity index is 2050. The van der Waals surface area contributed by atoms with Crippen molar-refractivity contribution in [1.82, 2.24) is 4.98 Å². The standard InChI is InChI=1S/C22H16NO.C18H24GeN.Ir/c1-2-14-15-8-3-5-12-19(15)23-21(14)18-11-7-10-17-16-9-4-6-13-20(16)24-22(17)18;1-14(2)11-16-12-18(15-9-7-6-8-10-15)20-13-17(16)19(3,4)5;/h3-10,12-14H,2H2,1H3;6-9,12-14H,11H2,1-5H3;/q2*-1;/i;11D2;. The van der Waals surface area contributed by atoms with Crippen molar-refractivity contribution in [2.24, 2.45) is 10.9 Å². The van der Waals surface area contributed by atoms with Crippen molar-refractivity contribution >= 4 is 51.0 Å². The van der Waals surface area contributed by atoms with Crippen molar-refractivity contribution in [1.29, 1.82) is 0 Å². The van der Waals surface area contributed by atoms with Gasteiger partial charge in [-0.3, -0.25) is 0 Å². The molecule has 0 spiro atoms. The van der Waals surface area contributed by atoms with Crippen molar-refractivity contribution in [3.63, 3.8) is 0 Å². The third-order valence-corrected chi connectivity index (χ3v) is 12.3. The summed E-state index contributed by atoms with van der Waals surface area (Å²) in [5.41, 5.74) is 8.78. The van der Waals surface area contributed by atoms with Crippen LogP contribution in [0.3, 0.4) is 0 Å². The summed E-state index contributed by atoms with van der Waals surface area (Å²) < 4.78 is 24.4. The monoisotopic (exact) mass is 833 g/mol. The Hall–Kier alpha value is -3.31. The van der Waals surface area contributed by atoms with E-state index in [2.05, 4.69) is 71.6 Å². The number of nitrogens with zero attached hydrogens (tertiary/aromatic N) is 2. The van der Waals surface area contributed by atoms with E-state index >= 15 is 0 Å². The van der Waals surface area contributed by atoms with Crippen molar-refractivity contribution < 1.29 is 27.3 Å². The molecule has 0 amide bonds. The first-order valence-corrected chi connectivity index (χ1v) is 22.8. The molecule has 0 saturated heterocycles. The fourth-order valence-electron chi connectivity index (χ4n) is 5.95. The molecule has 0 aliphatic carbocycles. The number of rotatable bonds is 6. The van der Waals surface area contributed by atoms with Crippen LogP contribution in [0.1, 0.15) is 52.5 Å². The number of benzene rings is 4. The molecule has 2 aromatic heterocycles. The van der Waals surface area contributed by atoms with Gasteiger partial charge in [0.05, 0.1) is 11.3 Å². The SMILES string of the molecule is CCC1C(c2[c-]ccc3c2oc2ccccc23)=Nc2ccccc21.[2H]C([2H])(c1cc(-c2[c-]cccc2)nc[c]1[Ge]([CH3])([CH3])[CH3])C(C)C.[Ir]. The molecule has 0 N–H and O–H groups in total. The van der Waals surface area contributed by atoms with Crippen LogP contribution in [0.2, 0.25) is 17.3 Å². The summed E-state index contributed by atoms with van der Waals surface area (Å²) in [7, 11) is 0. The van der Waals surface area contributed by atoms with E-state index in [1.165, 1.54) is 5.56 Å². The maximum atomic E-state index is 8.56. The molecule has 0 bridgehead atoms. The second-order valence-electron chi connectivity index (χ2n) is 12.7. The maximum Gasteiger partial charge on any atom is 0 e. The average molecular weight is 832 g/mol. The van der Waals surface area contributed by atoms with Crippen LogP contribution in [0.25, 0.3) is 33.2 Å². The van der Waals surface area contributed by atoms with E-state index in [1.807, 2.05) is 80.7 Å². The van der Waals surface area contributed by atoms with Crippen molar-refractivity contribution in [2.75, 3.05) is 0 Å². The van der Waals surface area contributed by atoms with E-state index in [-0.39, 0.29) is 26.0 Å². The molecule has 1 unspecified atom stereocenters. The average Bonchev–Trinajstić information content (AvgIpc) is 3.63. The number of pyridine rings is 1. The first-order valence-electron chi connectivity index (χ1n) is 16.5. The third-order valence-electron chi connectivity index (χ3n) is 8.03. The molecule has 1 aliphatic rings. The Morgan fingerprint density at radius 3 is 2.40 bits per heavy atom. The summed E-state index contributed by atoms with van der Waals surface area (Å²) in [6.07, 6.45) is 1.58. The summed E-state index contributed by atoms with van der Waals surface area (Å²) in [5, 5.41) is 2.28. The number of fused-ring (bicyclic) bond motifs is 4. The summed E-state index contributed by atoms with van der Waals surface area (Å²) in [6, 6.07) is 36.9. The van der Waals surface area contributed by atoms with E-state index in [1.54, 1.807) is 0 Å². The van der Waals surface area contributed by atoms with Crippen molar-refractivity contribution in [2.45, 2.75) is 56.8 Å². The van der Waals surface area contributed by atoms with Gasteiger partial charge in [-0.15, -0.1) is 18.2 Å². The minimum atomic E-state index is -2.20. The fraction of sp³-hybridized carbons (Fsp3) is 0.250. The minimum absolute atomic E-state index is 0. The summed E-state index contributed by atoms with van der Waals surface area (Å²) in [5.74, 6) is 7.07. The first-order chi connectivity index (χ1) is 22.0. The van der Waals surface area contributed by atoms with E-state index < -0.39 is 19.6 Å². The maximum absolute atomic E-state index is 8.56. The van der Waals surface area contributed by atoms with Crippen LogP contribution in [0.5, 0.6) is 0 Å². The number of aliphatic imine (C=N–C) groups is 1. The molecule has 45 heavy (non-hydrogen) atoms. The number of para-hydroxylation sites is 2. The molecule has 3 nitrogen and oxygen atoms in total. The van der Waals surface area contributed by atoms with Gasteiger partial charge in [0, 0.05) is 25.5 Å². The van der Waals surface area contributed by atoms with Gasteiger partial charge in [0.25, 0.3) is 0 Å². The molecule has 1 aliphatic heterocycles. The molecule has 1 radical (unpaired) electrons. The molecule has 7 rings (SSSR count). The van der Waals surface area contributed by atoms with Crippen LogP contribution >= 0.6 is 0 Å². The van der Waals surface area contributed by atoms with Gasteiger partial charge >= 0.3 is 128 Å². The van der Waals surface area contributed by atoms with E-state index in [9.17, 15) is 0 Å². The predicted octanol–water partition coefficient (Wildman–Crippen LogP) is 10.3. The Morgan fingerprint density at radius 2 is 1.67 bits per heavy atom. The van der Waals surface area contributed by atoms with E-state index in [0.717, 1.165) is 66.5 Å². The largest absolute Gasteiger partial charge is 0 e. The predicted molar refractivity (Wildman–Crippen MR) is 188 cm³/mol. The van der Waals surface area contributed by atoms with Crippen molar-refractivity contribution in [3.8, 4) is 11.3 Å². The number of furan rings is 1. The zero-order valence-corrected chi connectivity index (χ0v) is 31.2. The molecule has 4 aromatic carbocycles. The van der Waals surface area contributed by atoms with Gasteiger partial charge in [0.15, 0.2) is 0 Å². The van der Waals surface area contributed by atoms with E-state index in [4.69, 9.17) is 12.2 Å². The molecule has 231 valence electrons. The second-order valence-corrected chi connectivity index (χ2v) is 23.2. The Morgan fingerprint density at radius 1 is 0.911 bits per heavy atom. The van der Waals surface area contributed by atoms with Gasteiger partial charge in [0.1, 0.15) is 5.58 Å². The number of hydrogen-bond donors (Lipinski definition) is 0. The Balaban J connectivity index is 0.000000182. The van der Waals surface area contributed by atoms with Crippen LogP contribution in [0.15, 0.2) is 107 Å². The van der Waals surface area contributed by atoms with Crippen LogP contribution in [0.4, 0.5) is 5.69 Å². The number of hydrogen-bond acceptors (Lipinski definition) is 3. The summed E-state index contributed by atoms with van der Waals surface area (Å²) in [6.45, 7) is 6.09. The molecular weight excluding hydrogens is 789 g/mol. The van der Waals surface area contributed by atoms with Crippen LogP contribution in [-0.4, -0.2) is 24.0 Å². The molecule has 6 aromatic rings. The summed E-state index contributed by atoms with van der Waals surface area (Å²) >= 11 is -2.20. The molecule has 5 heteroatoms. The zero-order chi connectivity index (χ0) is 32.6. The third kappa shape index (κ3) is 6.94. The van der Waals surface area contributed by atoms with Gasteiger partial charge in [-0.1, -0.05) is 60.7 Å². The zero-order valence-electron chi connectivity index (χ0n) is 28.7. The second kappa shape index (κ2) is 14.0. The Labute approximate surface area is 286 Å². The summed E-state index contributed by atoms with van der Waals surface area (Å²) in [4.78, 5) is 9.52. The Kier molecular flexibility index (Phi) is 9.44.